The lowest BCUT2D eigenvalue weighted by Crippen LogP contribution is -2.22. The van der Waals surface area contributed by atoms with Crippen molar-refractivity contribution in [3.63, 3.8) is 0 Å². The molecule has 1 amide bonds. The average Bonchev–Trinajstić information content (AvgIpc) is 3.15. The smallest absolute Gasteiger partial charge is 0.252 e. The number of nitrogens with one attached hydrogen (secondary N) is 2. The van der Waals surface area contributed by atoms with E-state index >= 15 is 0 Å². The van der Waals surface area contributed by atoms with Crippen molar-refractivity contribution in [2.24, 2.45) is 0 Å². The first kappa shape index (κ1) is 15.7. The summed E-state index contributed by atoms with van der Waals surface area (Å²) in [5, 5.41) is 10.3. The van der Waals surface area contributed by atoms with Crippen LogP contribution < -0.4 is 10.6 Å². The first-order valence-corrected chi connectivity index (χ1v) is 7.84. The lowest BCUT2D eigenvalue weighted by atomic mass is 10.1. The number of hydrogen-bond acceptors (Lipinski definition) is 4. The van der Waals surface area contributed by atoms with Crippen LogP contribution in [0.2, 0.25) is 0 Å². The highest BCUT2D eigenvalue weighted by Gasteiger charge is 2.06. The van der Waals surface area contributed by atoms with Crippen LogP contribution in [-0.2, 0) is 6.54 Å². The molecular formula is C18H19N5O. The zero-order valence-electron chi connectivity index (χ0n) is 13.4. The van der Waals surface area contributed by atoms with Crippen molar-refractivity contribution in [2.45, 2.75) is 13.5 Å². The van der Waals surface area contributed by atoms with Crippen LogP contribution >= 0.6 is 0 Å². The number of para-hydroxylation sites is 1. The molecule has 0 unspecified atom stereocenters. The Hall–Kier alpha value is -3.15. The molecular weight excluding hydrogens is 302 g/mol. The molecule has 0 aliphatic heterocycles. The Morgan fingerprint density at radius 1 is 1.17 bits per heavy atom. The standard InChI is InChI=1S/C18H19N5O/c1-2-19-18(24)15-8-9-17(21-13-15)20-12-14-6-3-4-7-16(14)23-11-5-10-22-23/h3-11,13H,2,12H2,1H3,(H,19,24)(H,20,21). The van der Waals surface area contributed by atoms with E-state index in [0.29, 0.717) is 18.7 Å². The molecule has 2 N–H and O–H groups in total. The minimum atomic E-state index is -0.111. The Kier molecular flexibility index (Phi) is 4.86. The molecule has 0 saturated heterocycles. The van der Waals surface area contributed by atoms with E-state index in [0.717, 1.165) is 17.1 Å². The Labute approximate surface area is 140 Å². The number of hydrogen-bond donors (Lipinski definition) is 2. The van der Waals surface area contributed by atoms with Gasteiger partial charge in [-0.1, -0.05) is 18.2 Å². The summed E-state index contributed by atoms with van der Waals surface area (Å²) in [4.78, 5) is 16.0. The van der Waals surface area contributed by atoms with Gasteiger partial charge >= 0.3 is 0 Å². The summed E-state index contributed by atoms with van der Waals surface area (Å²) in [5.41, 5.74) is 2.68. The second-order valence-corrected chi connectivity index (χ2v) is 5.22. The third-order valence-electron chi connectivity index (χ3n) is 3.57. The Morgan fingerprint density at radius 3 is 2.75 bits per heavy atom. The van der Waals surface area contributed by atoms with E-state index in [4.69, 9.17) is 0 Å². The summed E-state index contributed by atoms with van der Waals surface area (Å²) < 4.78 is 1.84. The van der Waals surface area contributed by atoms with Gasteiger partial charge in [0.05, 0.1) is 11.3 Å². The van der Waals surface area contributed by atoms with Gasteiger partial charge in [-0.05, 0) is 36.8 Å². The third kappa shape index (κ3) is 3.60. The molecule has 6 nitrogen and oxygen atoms in total. The van der Waals surface area contributed by atoms with E-state index in [1.807, 2.05) is 48.1 Å². The SMILES string of the molecule is CCNC(=O)c1ccc(NCc2ccccc2-n2cccn2)nc1. The maximum atomic E-state index is 11.7. The highest BCUT2D eigenvalue weighted by atomic mass is 16.1. The third-order valence-corrected chi connectivity index (χ3v) is 3.57. The number of aromatic nitrogens is 3. The molecule has 0 aliphatic rings. The Morgan fingerprint density at radius 2 is 2.04 bits per heavy atom. The molecule has 122 valence electrons. The summed E-state index contributed by atoms with van der Waals surface area (Å²) in [6.07, 6.45) is 5.25. The fourth-order valence-corrected chi connectivity index (χ4v) is 2.38. The monoisotopic (exact) mass is 321 g/mol. The van der Waals surface area contributed by atoms with Crippen LogP contribution in [0.4, 0.5) is 5.82 Å². The van der Waals surface area contributed by atoms with Crippen LogP contribution in [0.25, 0.3) is 5.69 Å². The number of carbonyl (C=O) groups is 1. The molecule has 3 aromatic rings. The topological polar surface area (TPSA) is 71.8 Å². The Balaban J connectivity index is 1.69. The lowest BCUT2D eigenvalue weighted by Gasteiger charge is -2.11. The molecule has 0 bridgehead atoms. The molecule has 24 heavy (non-hydrogen) atoms. The molecule has 0 spiro atoms. The fourth-order valence-electron chi connectivity index (χ4n) is 2.38. The van der Waals surface area contributed by atoms with Crippen molar-refractivity contribution < 1.29 is 4.79 Å². The summed E-state index contributed by atoms with van der Waals surface area (Å²) in [7, 11) is 0. The minimum Gasteiger partial charge on any atom is -0.366 e. The number of benzene rings is 1. The van der Waals surface area contributed by atoms with Crippen LogP contribution in [0.1, 0.15) is 22.8 Å². The molecule has 0 aliphatic carbocycles. The molecule has 2 aromatic heterocycles. The number of amides is 1. The van der Waals surface area contributed by atoms with Gasteiger partial charge in [0.2, 0.25) is 0 Å². The van der Waals surface area contributed by atoms with Crippen molar-refractivity contribution >= 4 is 11.7 Å². The van der Waals surface area contributed by atoms with Gasteiger partial charge in [-0.2, -0.15) is 5.10 Å². The highest BCUT2D eigenvalue weighted by Crippen LogP contribution is 2.15. The van der Waals surface area contributed by atoms with Crippen molar-refractivity contribution in [3.05, 3.63) is 72.2 Å². The molecule has 2 heterocycles. The molecule has 3 rings (SSSR count). The summed E-state index contributed by atoms with van der Waals surface area (Å²) >= 11 is 0. The summed E-state index contributed by atoms with van der Waals surface area (Å²) in [6.45, 7) is 3.10. The molecule has 1 aromatic carbocycles. The number of rotatable bonds is 6. The maximum Gasteiger partial charge on any atom is 0.252 e. The van der Waals surface area contributed by atoms with Crippen molar-refractivity contribution in [1.29, 1.82) is 0 Å². The first-order valence-electron chi connectivity index (χ1n) is 7.84. The predicted molar refractivity (Wildman–Crippen MR) is 93.1 cm³/mol. The van der Waals surface area contributed by atoms with Crippen molar-refractivity contribution in [2.75, 3.05) is 11.9 Å². The fraction of sp³-hybridized carbons (Fsp3) is 0.167. The maximum absolute atomic E-state index is 11.7. The van der Waals surface area contributed by atoms with Gasteiger partial charge in [0.1, 0.15) is 5.82 Å². The van der Waals surface area contributed by atoms with E-state index in [9.17, 15) is 4.79 Å². The molecule has 0 radical (unpaired) electrons. The number of carbonyl (C=O) groups excluding carboxylic acids is 1. The van der Waals surface area contributed by atoms with E-state index in [-0.39, 0.29) is 5.91 Å². The van der Waals surface area contributed by atoms with Gasteiger partial charge in [-0.15, -0.1) is 0 Å². The number of nitrogens with zero attached hydrogens (tertiary/aromatic N) is 3. The second kappa shape index (κ2) is 7.41. The van der Waals surface area contributed by atoms with Gasteiger partial charge < -0.3 is 10.6 Å². The van der Waals surface area contributed by atoms with Crippen LogP contribution in [-0.4, -0.2) is 27.2 Å². The van der Waals surface area contributed by atoms with Gasteiger partial charge in [0.15, 0.2) is 0 Å². The van der Waals surface area contributed by atoms with E-state index < -0.39 is 0 Å². The van der Waals surface area contributed by atoms with Crippen LogP contribution in [0, 0.1) is 0 Å². The van der Waals surface area contributed by atoms with E-state index in [2.05, 4.69) is 20.7 Å². The van der Waals surface area contributed by atoms with Gasteiger partial charge in [-0.25, -0.2) is 9.67 Å². The summed E-state index contributed by atoms with van der Waals surface area (Å²) in [6, 6.07) is 13.5. The van der Waals surface area contributed by atoms with Crippen LogP contribution in [0.3, 0.4) is 0 Å². The average molecular weight is 321 g/mol. The van der Waals surface area contributed by atoms with Crippen LogP contribution in [0.5, 0.6) is 0 Å². The van der Waals surface area contributed by atoms with Crippen molar-refractivity contribution in [1.82, 2.24) is 20.1 Å². The summed E-state index contributed by atoms with van der Waals surface area (Å²) in [5.74, 6) is 0.610. The second-order valence-electron chi connectivity index (χ2n) is 5.22. The zero-order chi connectivity index (χ0) is 16.8. The number of anilines is 1. The molecule has 0 saturated carbocycles. The first-order chi connectivity index (χ1) is 11.8. The van der Waals surface area contributed by atoms with Crippen molar-refractivity contribution in [3.8, 4) is 5.69 Å². The predicted octanol–water partition coefficient (Wildman–Crippen LogP) is 2.63. The van der Waals surface area contributed by atoms with Gasteiger partial charge in [-0.3, -0.25) is 4.79 Å². The van der Waals surface area contributed by atoms with E-state index in [1.54, 1.807) is 24.5 Å². The lowest BCUT2D eigenvalue weighted by molar-refractivity contribution is 0.0955. The minimum absolute atomic E-state index is 0.111. The van der Waals surface area contributed by atoms with Crippen LogP contribution in [0.15, 0.2) is 61.1 Å². The molecule has 6 heteroatoms. The molecule has 0 atom stereocenters. The number of pyridine rings is 1. The normalized spacial score (nSPS) is 10.4. The quantitative estimate of drug-likeness (QED) is 0.732. The van der Waals surface area contributed by atoms with Gasteiger partial charge in [0, 0.05) is 31.7 Å². The largest absolute Gasteiger partial charge is 0.366 e. The van der Waals surface area contributed by atoms with E-state index in [1.165, 1.54) is 0 Å². The molecule has 0 fully saturated rings. The Bertz CT molecular complexity index is 797. The van der Waals surface area contributed by atoms with Gasteiger partial charge in [0.25, 0.3) is 5.91 Å². The highest BCUT2D eigenvalue weighted by molar-refractivity contribution is 5.93. The zero-order valence-corrected chi connectivity index (χ0v) is 13.4.